The van der Waals surface area contributed by atoms with E-state index in [-0.39, 0.29) is 24.6 Å². The number of carbonyl (C=O) groups excluding carboxylic acids is 2. The Bertz CT molecular complexity index is 488. The lowest BCUT2D eigenvalue weighted by atomic mass is 10.2. The number of nitrogens with zero attached hydrogens (tertiary/aromatic N) is 4. The molecular weight excluding hydrogens is 274 g/mol. The first-order valence-corrected chi connectivity index (χ1v) is 7.12. The van der Waals surface area contributed by atoms with Gasteiger partial charge in [-0.05, 0) is 6.07 Å². The number of hydrogen-bond acceptors (Lipinski definition) is 5. The van der Waals surface area contributed by atoms with Gasteiger partial charge in [0, 0.05) is 38.6 Å². The van der Waals surface area contributed by atoms with Crippen molar-refractivity contribution in [2.24, 2.45) is 0 Å². The van der Waals surface area contributed by atoms with Gasteiger partial charge in [-0.25, -0.2) is 4.79 Å². The second kappa shape index (κ2) is 6.23. The van der Waals surface area contributed by atoms with Crippen molar-refractivity contribution in [3.05, 3.63) is 18.5 Å². The molecule has 3 heterocycles. The molecule has 2 aliphatic heterocycles. The molecule has 0 aromatic carbocycles. The minimum absolute atomic E-state index is 0.0850. The molecule has 3 rings (SSSR count). The fraction of sp³-hybridized carbons (Fsp3) is 0.615. The van der Waals surface area contributed by atoms with Crippen LogP contribution in [0.1, 0.15) is 0 Å². The largest absolute Gasteiger partial charge is 0.374 e. The van der Waals surface area contributed by atoms with Crippen LogP contribution in [-0.4, -0.2) is 77.0 Å². The predicted octanol–water partition coefficient (Wildman–Crippen LogP) is -0.864. The fourth-order valence-electron chi connectivity index (χ4n) is 2.63. The van der Waals surface area contributed by atoms with Gasteiger partial charge < -0.3 is 10.1 Å². The normalized spacial score (nSPS) is 23.6. The van der Waals surface area contributed by atoms with Crippen molar-refractivity contribution in [3.8, 4) is 0 Å². The van der Waals surface area contributed by atoms with Gasteiger partial charge in [0.25, 0.3) is 0 Å². The lowest BCUT2D eigenvalue weighted by Gasteiger charge is -2.33. The first-order chi connectivity index (χ1) is 10.2. The van der Waals surface area contributed by atoms with Crippen LogP contribution in [0.25, 0.3) is 0 Å². The highest BCUT2D eigenvalue weighted by Gasteiger charge is 2.29. The van der Waals surface area contributed by atoms with Crippen LogP contribution >= 0.6 is 0 Å². The molecular formula is C13H19N5O3. The molecule has 8 nitrogen and oxygen atoms in total. The van der Waals surface area contributed by atoms with Crippen LogP contribution in [0.15, 0.2) is 18.5 Å². The van der Waals surface area contributed by atoms with Crippen molar-refractivity contribution in [2.75, 3.05) is 39.3 Å². The number of rotatable bonds is 5. The van der Waals surface area contributed by atoms with E-state index in [0.717, 1.165) is 13.1 Å². The van der Waals surface area contributed by atoms with E-state index in [4.69, 9.17) is 4.74 Å². The van der Waals surface area contributed by atoms with E-state index in [9.17, 15) is 9.59 Å². The Balaban J connectivity index is 1.47. The van der Waals surface area contributed by atoms with Gasteiger partial charge in [0.15, 0.2) is 0 Å². The third-order valence-electron chi connectivity index (χ3n) is 3.75. The number of amides is 3. The van der Waals surface area contributed by atoms with E-state index in [1.165, 1.54) is 4.90 Å². The molecule has 1 aromatic rings. The monoisotopic (exact) mass is 293 g/mol. The average Bonchev–Trinajstić information content (AvgIpc) is 3.09. The van der Waals surface area contributed by atoms with Crippen LogP contribution in [0.3, 0.4) is 0 Å². The molecule has 114 valence electrons. The summed E-state index contributed by atoms with van der Waals surface area (Å²) in [6, 6.07) is 1.60. The topological polar surface area (TPSA) is 79.7 Å². The molecule has 0 bridgehead atoms. The summed E-state index contributed by atoms with van der Waals surface area (Å²) in [5, 5.41) is 6.70. The zero-order valence-corrected chi connectivity index (χ0v) is 11.8. The highest BCUT2D eigenvalue weighted by Crippen LogP contribution is 2.08. The number of nitrogens with one attached hydrogen (secondary N) is 1. The summed E-state index contributed by atoms with van der Waals surface area (Å²) in [7, 11) is 0. The van der Waals surface area contributed by atoms with Crippen molar-refractivity contribution in [2.45, 2.75) is 12.6 Å². The molecule has 0 aliphatic carbocycles. The van der Waals surface area contributed by atoms with E-state index in [1.807, 2.05) is 16.9 Å². The molecule has 1 atom stereocenters. The van der Waals surface area contributed by atoms with Crippen LogP contribution in [0.2, 0.25) is 0 Å². The number of carbonyl (C=O) groups is 2. The number of hydrogen-bond donors (Lipinski definition) is 1. The maximum absolute atomic E-state index is 11.5. The SMILES string of the molecule is O=C1CNC(=O)N1CCN1CCO[C@H](Cn2cccn2)C1. The first kappa shape index (κ1) is 14.0. The maximum atomic E-state index is 11.5. The van der Waals surface area contributed by atoms with E-state index in [0.29, 0.717) is 26.2 Å². The van der Waals surface area contributed by atoms with Crippen molar-refractivity contribution in [1.82, 2.24) is 24.9 Å². The zero-order valence-electron chi connectivity index (χ0n) is 11.8. The van der Waals surface area contributed by atoms with E-state index < -0.39 is 0 Å². The van der Waals surface area contributed by atoms with Crippen molar-refractivity contribution >= 4 is 11.9 Å². The van der Waals surface area contributed by atoms with Gasteiger partial charge in [0.05, 0.1) is 25.8 Å². The van der Waals surface area contributed by atoms with Crippen LogP contribution in [0.5, 0.6) is 0 Å². The smallest absolute Gasteiger partial charge is 0.324 e. The molecule has 3 amide bonds. The second-order valence-electron chi connectivity index (χ2n) is 5.23. The Morgan fingerprint density at radius 1 is 1.38 bits per heavy atom. The van der Waals surface area contributed by atoms with Crippen molar-refractivity contribution in [3.63, 3.8) is 0 Å². The number of morpholine rings is 1. The van der Waals surface area contributed by atoms with E-state index >= 15 is 0 Å². The molecule has 0 unspecified atom stereocenters. The molecule has 0 spiro atoms. The highest BCUT2D eigenvalue weighted by molar-refractivity contribution is 6.01. The Kier molecular flexibility index (Phi) is 4.16. The van der Waals surface area contributed by atoms with Gasteiger partial charge in [-0.15, -0.1) is 0 Å². The Morgan fingerprint density at radius 2 is 2.29 bits per heavy atom. The third-order valence-corrected chi connectivity index (χ3v) is 3.75. The summed E-state index contributed by atoms with van der Waals surface area (Å²) in [4.78, 5) is 26.5. The Morgan fingerprint density at radius 3 is 3.00 bits per heavy atom. The van der Waals surface area contributed by atoms with Gasteiger partial charge in [-0.2, -0.15) is 5.10 Å². The highest BCUT2D eigenvalue weighted by atomic mass is 16.5. The minimum Gasteiger partial charge on any atom is -0.374 e. The summed E-state index contributed by atoms with van der Waals surface area (Å²) >= 11 is 0. The van der Waals surface area contributed by atoms with Crippen LogP contribution < -0.4 is 5.32 Å². The second-order valence-corrected chi connectivity index (χ2v) is 5.23. The summed E-state index contributed by atoms with van der Waals surface area (Å²) in [6.07, 6.45) is 3.75. The molecule has 0 saturated carbocycles. The van der Waals surface area contributed by atoms with Crippen LogP contribution in [0.4, 0.5) is 4.79 Å². The molecule has 8 heteroatoms. The number of aromatic nitrogens is 2. The van der Waals surface area contributed by atoms with Gasteiger partial charge >= 0.3 is 6.03 Å². The molecule has 1 N–H and O–H groups in total. The molecule has 2 aliphatic rings. The predicted molar refractivity (Wildman–Crippen MR) is 73.5 cm³/mol. The van der Waals surface area contributed by atoms with Crippen LogP contribution in [0, 0.1) is 0 Å². The Hall–Kier alpha value is -1.93. The van der Waals surface area contributed by atoms with Gasteiger partial charge in [-0.1, -0.05) is 0 Å². The first-order valence-electron chi connectivity index (χ1n) is 7.12. The standard InChI is InChI=1S/C13H19N5O3/c19-12-8-14-13(20)18(12)5-4-16-6-7-21-11(9-16)10-17-3-1-2-15-17/h1-3,11H,4-10H2,(H,14,20)/t11-/m0/s1. The number of ether oxygens (including phenoxy) is 1. The van der Waals surface area contributed by atoms with E-state index in [1.54, 1.807) is 6.20 Å². The van der Waals surface area contributed by atoms with Gasteiger partial charge in [0.1, 0.15) is 0 Å². The summed E-state index contributed by atoms with van der Waals surface area (Å²) in [5.74, 6) is -0.152. The van der Waals surface area contributed by atoms with Crippen LogP contribution in [-0.2, 0) is 16.1 Å². The fourth-order valence-corrected chi connectivity index (χ4v) is 2.63. The zero-order chi connectivity index (χ0) is 14.7. The summed E-state index contributed by atoms with van der Waals surface area (Å²) in [5.41, 5.74) is 0. The molecule has 0 radical (unpaired) electrons. The molecule has 2 fully saturated rings. The van der Waals surface area contributed by atoms with Gasteiger partial charge in [0.2, 0.25) is 5.91 Å². The Labute approximate surface area is 122 Å². The van der Waals surface area contributed by atoms with Crippen molar-refractivity contribution in [1.29, 1.82) is 0 Å². The van der Waals surface area contributed by atoms with Crippen molar-refractivity contribution < 1.29 is 14.3 Å². The number of imide groups is 1. The summed E-state index contributed by atoms with van der Waals surface area (Å²) in [6.45, 7) is 4.20. The third kappa shape index (κ3) is 3.40. The maximum Gasteiger partial charge on any atom is 0.324 e. The minimum atomic E-state index is -0.290. The van der Waals surface area contributed by atoms with Gasteiger partial charge in [-0.3, -0.25) is 19.3 Å². The summed E-state index contributed by atoms with van der Waals surface area (Å²) < 4.78 is 7.59. The molecule has 21 heavy (non-hydrogen) atoms. The lowest BCUT2D eigenvalue weighted by molar-refractivity contribution is -0.125. The molecule has 1 aromatic heterocycles. The molecule has 2 saturated heterocycles. The quantitative estimate of drug-likeness (QED) is 0.714. The number of urea groups is 1. The average molecular weight is 293 g/mol. The van der Waals surface area contributed by atoms with E-state index in [2.05, 4.69) is 15.3 Å². The lowest BCUT2D eigenvalue weighted by Crippen LogP contribution is -2.47.